The highest BCUT2D eigenvalue weighted by atomic mass is 19.2. The molecule has 0 fully saturated rings. The van der Waals surface area contributed by atoms with Gasteiger partial charge in [0.15, 0.2) is 23.1 Å². The number of ether oxygens (including phenoxy) is 1. The highest BCUT2D eigenvalue weighted by Crippen LogP contribution is 2.43. The molecular weight excluding hydrogens is 385 g/mol. The number of allylic oxidation sites excluding steroid dienone is 1. The fourth-order valence-corrected chi connectivity index (χ4v) is 3.90. The number of benzene rings is 3. The Balaban J connectivity index is 1.72. The molecule has 4 rings (SSSR count). The molecule has 3 aromatic carbocycles. The SMILES string of the molecule is C=CCCc1ccc2c(c1F)Oc1c(cc(-c3ccc(CCC)cc3)c(F)c1F)C2. The molecule has 0 unspecified atom stereocenters. The molecule has 1 nitrogen and oxygen atoms in total. The predicted molar refractivity (Wildman–Crippen MR) is 114 cm³/mol. The normalized spacial score (nSPS) is 12.1. The van der Waals surface area contributed by atoms with E-state index in [1.165, 1.54) is 0 Å². The fourth-order valence-electron chi connectivity index (χ4n) is 3.90. The highest BCUT2D eigenvalue weighted by molar-refractivity contribution is 5.68. The molecule has 0 spiro atoms. The van der Waals surface area contributed by atoms with Crippen LogP contribution in [0.4, 0.5) is 13.2 Å². The van der Waals surface area contributed by atoms with Gasteiger partial charge in [0.05, 0.1) is 0 Å². The van der Waals surface area contributed by atoms with Gasteiger partial charge >= 0.3 is 0 Å². The van der Waals surface area contributed by atoms with E-state index in [2.05, 4.69) is 13.5 Å². The van der Waals surface area contributed by atoms with Gasteiger partial charge in [-0.3, -0.25) is 0 Å². The van der Waals surface area contributed by atoms with Crippen LogP contribution in [-0.2, 0) is 19.3 Å². The van der Waals surface area contributed by atoms with Crippen molar-refractivity contribution in [2.45, 2.75) is 39.0 Å². The zero-order valence-electron chi connectivity index (χ0n) is 16.9. The van der Waals surface area contributed by atoms with E-state index in [0.717, 1.165) is 18.4 Å². The first-order valence-electron chi connectivity index (χ1n) is 10.2. The molecule has 3 aromatic rings. The molecule has 30 heavy (non-hydrogen) atoms. The molecule has 4 heteroatoms. The minimum atomic E-state index is -1.08. The van der Waals surface area contributed by atoms with Crippen LogP contribution in [-0.4, -0.2) is 0 Å². The lowest BCUT2D eigenvalue weighted by molar-refractivity contribution is 0.380. The van der Waals surface area contributed by atoms with Gasteiger partial charge in [0.1, 0.15) is 0 Å². The summed E-state index contributed by atoms with van der Waals surface area (Å²) < 4.78 is 50.2. The Morgan fingerprint density at radius 2 is 1.63 bits per heavy atom. The predicted octanol–water partition coefficient (Wildman–Crippen LogP) is 7.54. The number of hydrogen-bond acceptors (Lipinski definition) is 1. The highest BCUT2D eigenvalue weighted by Gasteiger charge is 2.28. The van der Waals surface area contributed by atoms with Crippen molar-refractivity contribution in [3.63, 3.8) is 0 Å². The second kappa shape index (κ2) is 8.39. The largest absolute Gasteiger partial charge is 0.450 e. The minimum absolute atomic E-state index is 0.0148. The summed E-state index contributed by atoms with van der Waals surface area (Å²) in [7, 11) is 0. The second-order valence-corrected chi connectivity index (χ2v) is 7.62. The van der Waals surface area contributed by atoms with Crippen LogP contribution in [0.15, 0.2) is 55.1 Å². The van der Waals surface area contributed by atoms with Crippen LogP contribution in [0.5, 0.6) is 11.5 Å². The molecule has 154 valence electrons. The van der Waals surface area contributed by atoms with E-state index in [1.54, 1.807) is 36.4 Å². The van der Waals surface area contributed by atoms with E-state index in [-0.39, 0.29) is 23.5 Å². The second-order valence-electron chi connectivity index (χ2n) is 7.62. The lowest BCUT2D eigenvalue weighted by atomic mass is 9.93. The Kier molecular flexibility index (Phi) is 5.67. The van der Waals surface area contributed by atoms with Gasteiger partial charge in [-0.1, -0.05) is 55.8 Å². The molecule has 1 aliphatic heterocycles. The average Bonchev–Trinajstić information content (AvgIpc) is 2.76. The van der Waals surface area contributed by atoms with Crippen molar-refractivity contribution in [2.75, 3.05) is 0 Å². The van der Waals surface area contributed by atoms with Crippen LogP contribution in [0.2, 0.25) is 0 Å². The third-order valence-corrected chi connectivity index (χ3v) is 5.50. The summed E-state index contributed by atoms with van der Waals surface area (Å²) >= 11 is 0. The topological polar surface area (TPSA) is 9.23 Å². The first-order chi connectivity index (χ1) is 14.5. The maximum absolute atomic E-state index is 14.9. The molecule has 0 saturated heterocycles. The van der Waals surface area contributed by atoms with Gasteiger partial charge in [-0.25, -0.2) is 8.78 Å². The molecule has 0 aliphatic carbocycles. The molecule has 0 bridgehead atoms. The monoisotopic (exact) mass is 408 g/mol. The van der Waals surface area contributed by atoms with Gasteiger partial charge in [-0.15, -0.1) is 6.58 Å². The van der Waals surface area contributed by atoms with Crippen molar-refractivity contribution in [2.24, 2.45) is 0 Å². The summed E-state index contributed by atoms with van der Waals surface area (Å²) in [5, 5.41) is 0. The van der Waals surface area contributed by atoms with Crippen LogP contribution in [0.25, 0.3) is 11.1 Å². The van der Waals surface area contributed by atoms with Crippen molar-refractivity contribution in [3.05, 3.63) is 94.8 Å². The zero-order valence-corrected chi connectivity index (χ0v) is 16.9. The van der Waals surface area contributed by atoms with Crippen LogP contribution >= 0.6 is 0 Å². The van der Waals surface area contributed by atoms with Crippen molar-refractivity contribution >= 4 is 0 Å². The van der Waals surface area contributed by atoms with E-state index in [9.17, 15) is 13.2 Å². The lowest BCUT2D eigenvalue weighted by Gasteiger charge is -2.23. The first kappa shape index (κ1) is 20.3. The van der Waals surface area contributed by atoms with Crippen LogP contribution in [0, 0.1) is 17.5 Å². The molecule has 0 atom stereocenters. The number of rotatable bonds is 6. The smallest absolute Gasteiger partial charge is 0.202 e. The molecule has 1 heterocycles. The van der Waals surface area contributed by atoms with Crippen LogP contribution in [0.1, 0.15) is 42.0 Å². The van der Waals surface area contributed by atoms with Gasteiger partial charge in [0.25, 0.3) is 0 Å². The lowest BCUT2D eigenvalue weighted by Crippen LogP contribution is -2.10. The van der Waals surface area contributed by atoms with Crippen molar-refractivity contribution in [3.8, 4) is 22.6 Å². The molecule has 0 aromatic heterocycles. The van der Waals surface area contributed by atoms with Crippen LogP contribution < -0.4 is 4.74 Å². The quantitative estimate of drug-likeness (QED) is 0.300. The zero-order chi connectivity index (χ0) is 21.3. The molecule has 0 radical (unpaired) electrons. The first-order valence-corrected chi connectivity index (χ1v) is 10.2. The Bertz CT molecular complexity index is 1100. The number of halogens is 3. The third-order valence-electron chi connectivity index (χ3n) is 5.50. The molecule has 0 N–H and O–H groups in total. The van der Waals surface area contributed by atoms with E-state index in [0.29, 0.717) is 35.1 Å². The van der Waals surface area contributed by atoms with Gasteiger partial charge in [0, 0.05) is 23.1 Å². The average molecular weight is 408 g/mol. The maximum Gasteiger partial charge on any atom is 0.202 e. The van der Waals surface area contributed by atoms with Crippen molar-refractivity contribution in [1.29, 1.82) is 0 Å². The van der Waals surface area contributed by atoms with Crippen molar-refractivity contribution in [1.82, 2.24) is 0 Å². The van der Waals surface area contributed by atoms with Crippen molar-refractivity contribution < 1.29 is 17.9 Å². The van der Waals surface area contributed by atoms with E-state index >= 15 is 0 Å². The molecule has 0 saturated carbocycles. The van der Waals surface area contributed by atoms with Gasteiger partial charge in [-0.05, 0) is 42.0 Å². The summed E-state index contributed by atoms with van der Waals surface area (Å²) in [4.78, 5) is 0. The van der Waals surface area contributed by atoms with E-state index < -0.39 is 17.5 Å². The number of hydrogen-bond donors (Lipinski definition) is 0. The van der Waals surface area contributed by atoms with Gasteiger partial charge in [-0.2, -0.15) is 4.39 Å². The molecule has 0 amide bonds. The van der Waals surface area contributed by atoms with Gasteiger partial charge < -0.3 is 4.74 Å². The fraction of sp³-hybridized carbons (Fsp3) is 0.231. The summed E-state index contributed by atoms with van der Waals surface area (Å²) in [6.45, 7) is 5.74. The standard InChI is InChI=1S/C26H23F3O/c1-3-5-7-18-12-13-19-14-20-15-21(17-10-8-16(6-4-2)9-11-17)23(28)24(29)26(20)30-25(19)22(18)27/h3,8-13,15H,1,4-7,14H2,2H3. The Morgan fingerprint density at radius 3 is 2.33 bits per heavy atom. The number of aryl methyl sites for hydroxylation is 2. The maximum atomic E-state index is 14.9. The summed E-state index contributed by atoms with van der Waals surface area (Å²) in [6.07, 6.45) is 5.04. The third kappa shape index (κ3) is 3.62. The van der Waals surface area contributed by atoms with Gasteiger partial charge in [0.2, 0.25) is 5.82 Å². The minimum Gasteiger partial charge on any atom is -0.450 e. The summed E-state index contributed by atoms with van der Waals surface area (Å²) in [5.41, 5.74) is 3.54. The van der Waals surface area contributed by atoms with E-state index in [4.69, 9.17) is 4.74 Å². The Morgan fingerprint density at radius 1 is 0.900 bits per heavy atom. The van der Waals surface area contributed by atoms with E-state index in [1.807, 2.05) is 12.1 Å². The Labute approximate surface area is 174 Å². The van der Waals surface area contributed by atoms with Crippen LogP contribution in [0.3, 0.4) is 0 Å². The molecule has 1 aliphatic rings. The molecular formula is C26H23F3O. The number of fused-ring (bicyclic) bond motifs is 2. The summed E-state index contributed by atoms with van der Waals surface area (Å²) in [5.74, 6) is -2.83. The Hall–Kier alpha value is -3.01. The summed E-state index contributed by atoms with van der Waals surface area (Å²) in [6, 6.07) is 12.6.